The predicted octanol–water partition coefficient (Wildman–Crippen LogP) is 3.12. The molecule has 30 heavy (non-hydrogen) atoms. The minimum absolute atomic E-state index is 0.0406. The van der Waals surface area contributed by atoms with Gasteiger partial charge >= 0.3 is 0 Å². The molecule has 1 N–H and O–H groups in total. The highest BCUT2D eigenvalue weighted by Crippen LogP contribution is 2.17. The fourth-order valence-corrected chi connectivity index (χ4v) is 2.88. The van der Waals surface area contributed by atoms with Crippen LogP contribution in [0.1, 0.15) is 5.56 Å². The molecule has 1 aliphatic heterocycles. The Bertz CT molecular complexity index is 959. The zero-order valence-corrected chi connectivity index (χ0v) is 16.9. The van der Waals surface area contributed by atoms with Gasteiger partial charge in [-0.15, -0.1) is 0 Å². The van der Waals surface area contributed by atoms with Crippen molar-refractivity contribution in [2.75, 3.05) is 38.2 Å². The van der Waals surface area contributed by atoms with E-state index in [0.717, 1.165) is 0 Å². The predicted molar refractivity (Wildman–Crippen MR) is 113 cm³/mol. The molecule has 0 saturated carbocycles. The van der Waals surface area contributed by atoms with E-state index in [4.69, 9.17) is 21.1 Å². The molecule has 0 aliphatic carbocycles. The number of carbonyl (C=O) groups is 2. The van der Waals surface area contributed by atoms with Crippen molar-refractivity contribution in [2.24, 2.45) is 0 Å². The minimum Gasteiger partial charge on any atom is -0.484 e. The Hall–Kier alpha value is -3.34. The highest BCUT2D eigenvalue weighted by Gasteiger charge is 2.17. The maximum absolute atomic E-state index is 12.3. The summed E-state index contributed by atoms with van der Waals surface area (Å²) in [5.41, 5.74) is 1.16. The molecule has 2 aromatic rings. The highest BCUT2D eigenvalue weighted by atomic mass is 35.5. The van der Waals surface area contributed by atoms with E-state index in [2.05, 4.69) is 5.32 Å². The summed E-state index contributed by atoms with van der Waals surface area (Å²) in [4.78, 5) is 26.1. The van der Waals surface area contributed by atoms with Crippen LogP contribution in [-0.4, -0.2) is 49.6 Å². The minimum atomic E-state index is -0.517. The second-order valence-corrected chi connectivity index (χ2v) is 6.92. The Morgan fingerprint density at radius 2 is 1.80 bits per heavy atom. The number of nitrogens with zero attached hydrogens (tertiary/aromatic N) is 2. The van der Waals surface area contributed by atoms with Crippen LogP contribution >= 0.6 is 11.6 Å². The molecule has 1 saturated heterocycles. The van der Waals surface area contributed by atoms with Crippen LogP contribution in [0.5, 0.6) is 5.75 Å². The molecule has 8 heteroatoms. The molecular formula is C22H20ClN3O4. The lowest BCUT2D eigenvalue weighted by Gasteiger charge is -2.26. The van der Waals surface area contributed by atoms with E-state index >= 15 is 0 Å². The fraction of sp³-hybridized carbons (Fsp3) is 0.227. The maximum Gasteiger partial charge on any atom is 0.266 e. The van der Waals surface area contributed by atoms with Crippen LogP contribution in [0.25, 0.3) is 6.08 Å². The lowest BCUT2D eigenvalue weighted by molar-refractivity contribution is -0.137. The van der Waals surface area contributed by atoms with E-state index < -0.39 is 5.91 Å². The number of anilines is 1. The van der Waals surface area contributed by atoms with Crippen LogP contribution < -0.4 is 10.1 Å². The molecule has 2 amide bonds. The Kier molecular flexibility index (Phi) is 7.44. The third-order valence-electron chi connectivity index (χ3n) is 4.38. The van der Waals surface area contributed by atoms with Crippen molar-refractivity contribution in [3.8, 4) is 11.8 Å². The van der Waals surface area contributed by atoms with Crippen LogP contribution in [0, 0.1) is 11.3 Å². The van der Waals surface area contributed by atoms with Crippen molar-refractivity contribution < 1.29 is 19.1 Å². The van der Waals surface area contributed by atoms with Gasteiger partial charge in [0.05, 0.1) is 13.2 Å². The van der Waals surface area contributed by atoms with E-state index in [0.29, 0.717) is 48.3 Å². The summed E-state index contributed by atoms with van der Waals surface area (Å²) >= 11 is 5.82. The maximum atomic E-state index is 12.3. The first kappa shape index (κ1) is 21.4. The van der Waals surface area contributed by atoms with Crippen LogP contribution in [0.4, 0.5) is 5.69 Å². The number of benzene rings is 2. The number of nitrogens with one attached hydrogen (secondary N) is 1. The van der Waals surface area contributed by atoms with Crippen LogP contribution in [-0.2, 0) is 14.3 Å². The molecule has 1 fully saturated rings. The molecule has 0 unspecified atom stereocenters. The standard InChI is InChI=1S/C22H20ClN3O4/c23-18-3-5-19(6-4-18)25-22(28)17(14-24)13-16-1-7-20(8-2-16)30-15-21(27)26-9-11-29-12-10-26/h1-8,13H,9-12,15H2,(H,25,28)/b17-13+. The van der Waals surface area contributed by atoms with Gasteiger partial charge in [0.1, 0.15) is 17.4 Å². The smallest absolute Gasteiger partial charge is 0.266 e. The largest absolute Gasteiger partial charge is 0.484 e. The molecule has 154 valence electrons. The first-order valence-corrected chi connectivity index (χ1v) is 9.70. The van der Waals surface area contributed by atoms with Gasteiger partial charge in [0.15, 0.2) is 6.61 Å². The molecule has 1 heterocycles. The van der Waals surface area contributed by atoms with Crippen LogP contribution in [0.3, 0.4) is 0 Å². The summed E-state index contributed by atoms with van der Waals surface area (Å²) in [6.07, 6.45) is 1.48. The summed E-state index contributed by atoms with van der Waals surface area (Å²) in [7, 11) is 0. The first-order chi connectivity index (χ1) is 14.5. The van der Waals surface area contributed by atoms with Gasteiger partial charge in [-0.1, -0.05) is 23.7 Å². The average molecular weight is 426 g/mol. The van der Waals surface area contributed by atoms with E-state index in [1.165, 1.54) is 6.08 Å². The summed E-state index contributed by atoms with van der Waals surface area (Å²) < 4.78 is 10.8. The number of nitriles is 1. The monoisotopic (exact) mass is 425 g/mol. The van der Waals surface area contributed by atoms with Crippen LogP contribution in [0.2, 0.25) is 5.02 Å². The van der Waals surface area contributed by atoms with Gasteiger partial charge in [0.2, 0.25) is 0 Å². The second-order valence-electron chi connectivity index (χ2n) is 6.48. The van der Waals surface area contributed by atoms with Gasteiger partial charge in [-0.2, -0.15) is 5.26 Å². The van der Waals surface area contributed by atoms with Gasteiger partial charge in [-0.3, -0.25) is 9.59 Å². The van der Waals surface area contributed by atoms with Crippen molar-refractivity contribution in [2.45, 2.75) is 0 Å². The topological polar surface area (TPSA) is 91.7 Å². The number of morpholine rings is 1. The number of hydrogen-bond donors (Lipinski definition) is 1. The fourth-order valence-electron chi connectivity index (χ4n) is 2.76. The summed E-state index contributed by atoms with van der Waals surface area (Å²) in [6, 6.07) is 15.3. The lowest BCUT2D eigenvalue weighted by Crippen LogP contribution is -2.42. The molecule has 1 aliphatic rings. The van der Waals surface area contributed by atoms with Crippen molar-refractivity contribution >= 4 is 35.2 Å². The van der Waals surface area contributed by atoms with E-state index in [9.17, 15) is 14.9 Å². The number of halogens is 1. The molecule has 0 aromatic heterocycles. The molecule has 0 radical (unpaired) electrons. The number of carbonyl (C=O) groups excluding carboxylic acids is 2. The van der Waals surface area contributed by atoms with Crippen LogP contribution in [0.15, 0.2) is 54.1 Å². The molecule has 0 atom stereocenters. The normalized spacial score (nSPS) is 14.0. The Morgan fingerprint density at radius 3 is 2.43 bits per heavy atom. The molecular weight excluding hydrogens is 406 g/mol. The zero-order valence-electron chi connectivity index (χ0n) is 16.1. The van der Waals surface area contributed by atoms with Gasteiger partial charge in [-0.25, -0.2) is 0 Å². The van der Waals surface area contributed by atoms with Gasteiger partial charge < -0.3 is 19.7 Å². The van der Waals surface area contributed by atoms with E-state index in [-0.39, 0.29) is 18.1 Å². The van der Waals surface area contributed by atoms with Crippen molar-refractivity contribution in [3.05, 3.63) is 64.7 Å². The molecule has 0 spiro atoms. The first-order valence-electron chi connectivity index (χ1n) is 9.32. The van der Waals surface area contributed by atoms with Crippen molar-refractivity contribution in [3.63, 3.8) is 0 Å². The van der Waals surface area contributed by atoms with E-state index in [1.807, 2.05) is 6.07 Å². The van der Waals surface area contributed by atoms with Gasteiger partial charge in [-0.05, 0) is 48.0 Å². The van der Waals surface area contributed by atoms with Gasteiger partial charge in [0.25, 0.3) is 11.8 Å². The Labute approximate surface area is 179 Å². The number of amides is 2. The zero-order chi connectivity index (χ0) is 21.3. The molecule has 3 rings (SSSR count). The quantitative estimate of drug-likeness (QED) is 0.567. The average Bonchev–Trinajstić information content (AvgIpc) is 2.78. The Balaban J connectivity index is 1.57. The lowest BCUT2D eigenvalue weighted by atomic mass is 10.1. The summed E-state index contributed by atoms with van der Waals surface area (Å²) in [5, 5.41) is 12.5. The third-order valence-corrected chi connectivity index (χ3v) is 4.64. The molecule has 7 nitrogen and oxygen atoms in total. The summed E-state index contributed by atoms with van der Waals surface area (Å²) in [5.74, 6) is -0.0814. The molecule has 2 aromatic carbocycles. The number of ether oxygens (including phenoxy) is 2. The number of rotatable bonds is 6. The third kappa shape index (κ3) is 6.08. The SMILES string of the molecule is N#C/C(=C\c1ccc(OCC(=O)N2CCOCC2)cc1)C(=O)Nc1ccc(Cl)cc1. The molecule has 0 bridgehead atoms. The second kappa shape index (κ2) is 10.4. The van der Waals surface area contributed by atoms with Crippen molar-refractivity contribution in [1.82, 2.24) is 4.90 Å². The van der Waals surface area contributed by atoms with E-state index in [1.54, 1.807) is 53.4 Å². The van der Waals surface area contributed by atoms with Crippen molar-refractivity contribution in [1.29, 1.82) is 5.26 Å². The summed E-state index contributed by atoms with van der Waals surface area (Å²) in [6.45, 7) is 2.17. The number of hydrogen-bond acceptors (Lipinski definition) is 5. The highest BCUT2D eigenvalue weighted by molar-refractivity contribution is 6.30. The van der Waals surface area contributed by atoms with Gasteiger partial charge in [0, 0.05) is 23.8 Å². The Morgan fingerprint density at radius 1 is 1.13 bits per heavy atom.